The zero-order chi connectivity index (χ0) is 12.3. The van der Waals surface area contributed by atoms with Gasteiger partial charge in [-0.25, -0.2) is 4.98 Å². The van der Waals surface area contributed by atoms with Crippen LogP contribution < -0.4 is 10.9 Å². The Morgan fingerprint density at radius 1 is 1.53 bits per heavy atom. The molecule has 0 spiro atoms. The van der Waals surface area contributed by atoms with Crippen LogP contribution in [0.4, 0.5) is 5.82 Å². The average molecular weight is 234 g/mol. The quantitative estimate of drug-likeness (QED) is 0.866. The van der Waals surface area contributed by atoms with Crippen molar-refractivity contribution in [3.63, 3.8) is 0 Å². The monoisotopic (exact) mass is 234 g/mol. The van der Waals surface area contributed by atoms with E-state index in [1.807, 2.05) is 13.8 Å². The molecule has 2 aromatic heterocycles. The lowest BCUT2D eigenvalue weighted by Crippen LogP contribution is -2.25. The van der Waals surface area contributed by atoms with Crippen LogP contribution in [-0.4, -0.2) is 14.7 Å². The van der Waals surface area contributed by atoms with E-state index in [0.29, 0.717) is 12.4 Å². The maximum atomic E-state index is 12.0. The minimum Gasteiger partial charge on any atom is -0.364 e. The molecule has 0 radical (unpaired) electrons. The van der Waals surface area contributed by atoms with Crippen LogP contribution in [-0.2, 0) is 6.54 Å². The highest BCUT2D eigenvalue weighted by molar-refractivity contribution is 5.31. The van der Waals surface area contributed by atoms with Crippen molar-refractivity contribution in [1.82, 2.24) is 14.7 Å². The molecule has 0 atom stereocenters. The van der Waals surface area contributed by atoms with Crippen molar-refractivity contribution in [2.45, 2.75) is 26.4 Å². The van der Waals surface area contributed by atoms with E-state index in [1.54, 1.807) is 23.0 Å². The largest absolute Gasteiger partial charge is 0.364 e. The summed E-state index contributed by atoms with van der Waals surface area (Å²) in [5.74, 6) is 0.323. The fourth-order valence-corrected chi connectivity index (χ4v) is 1.46. The number of nitrogens with zero attached hydrogens (tertiary/aromatic N) is 3. The number of aromatic nitrogens is 3. The molecule has 17 heavy (non-hydrogen) atoms. The van der Waals surface area contributed by atoms with Gasteiger partial charge in [-0.2, -0.15) is 0 Å². The van der Waals surface area contributed by atoms with E-state index in [9.17, 15) is 4.79 Å². The molecule has 0 fully saturated rings. The summed E-state index contributed by atoms with van der Waals surface area (Å²) in [7, 11) is 0. The summed E-state index contributed by atoms with van der Waals surface area (Å²) in [6.45, 7) is 4.31. The second-order valence-electron chi connectivity index (χ2n) is 3.93. The van der Waals surface area contributed by atoms with E-state index in [1.165, 1.54) is 6.26 Å². The van der Waals surface area contributed by atoms with Crippen LogP contribution in [0.15, 0.2) is 34.0 Å². The van der Waals surface area contributed by atoms with Crippen LogP contribution >= 0.6 is 0 Å². The van der Waals surface area contributed by atoms with Gasteiger partial charge in [-0.15, -0.1) is 0 Å². The Balaban J connectivity index is 2.16. The highest BCUT2D eigenvalue weighted by Gasteiger charge is 2.07. The van der Waals surface area contributed by atoms with Crippen LogP contribution in [0.2, 0.25) is 0 Å². The number of hydrogen-bond donors (Lipinski definition) is 1. The first-order valence-corrected chi connectivity index (χ1v) is 5.38. The summed E-state index contributed by atoms with van der Waals surface area (Å²) >= 11 is 0. The fourth-order valence-electron chi connectivity index (χ4n) is 1.46. The van der Waals surface area contributed by atoms with Gasteiger partial charge in [-0.1, -0.05) is 5.16 Å². The Labute approximate surface area is 98.3 Å². The third kappa shape index (κ3) is 2.52. The van der Waals surface area contributed by atoms with Crippen LogP contribution in [0.3, 0.4) is 0 Å². The predicted octanol–water partition coefficient (Wildman–Crippen LogP) is 1.42. The fraction of sp³-hybridized carbons (Fsp3) is 0.364. The second-order valence-corrected chi connectivity index (χ2v) is 3.93. The van der Waals surface area contributed by atoms with Gasteiger partial charge in [-0.3, -0.25) is 4.79 Å². The summed E-state index contributed by atoms with van der Waals surface area (Å²) in [6, 6.07) is 1.84. The van der Waals surface area contributed by atoms with Crippen molar-refractivity contribution in [1.29, 1.82) is 0 Å². The zero-order valence-electron chi connectivity index (χ0n) is 9.75. The minimum absolute atomic E-state index is 0.109. The molecule has 0 saturated heterocycles. The Morgan fingerprint density at radius 3 is 3.00 bits per heavy atom. The molecule has 0 aromatic carbocycles. The van der Waals surface area contributed by atoms with Crippen LogP contribution in [0, 0.1) is 0 Å². The van der Waals surface area contributed by atoms with E-state index in [-0.39, 0.29) is 11.6 Å². The third-order valence-electron chi connectivity index (χ3n) is 2.35. The molecular weight excluding hydrogens is 220 g/mol. The van der Waals surface area contributed by atoms with Crippen molar-refractivity contribution < 1.29 is 4.52 Å². The van der Waals surface area contributed by atoms with Gasteiger partial charge in [0.15, 0.2) is 5.82 Å². The van der Waals surface area contributed by atoms with Crippen molar-refractivity contribution >= 4 is 5.82 Å². The lowest BCUT2D eigenvalue weighted by atomic mass is 10.4. The highest BCUT2D eigenvalue weighted by Crippen LogP contribution is 2.03. The molecule has 6 heteroatoms. The van der Waals surface area contributed by atoms with Gasteiger partial charge in [0.05, 0.1) is 6.54 Å². The van der Waals surface area contributed by atoms with Crippen LogP contribution in [0.5, 0.6) is 0 Å². The molecule has 0 aliphatic rings. The lowest BCUT2D eigenvalue weighted by Gasteiger charge is -2.10. The molecule has 0 aliphatic carbocycles. The van der Waals surface area contributed by atoms with Gasteiger partial charge < -0.3 is 14.4 Å². The van der Waals surface area contributed by atoms with Crippen molar-refractivity contribution in [2.24, 2.45) is 0 Å². The van der Waals surface area contributed by atoms with Crippen LogP contribution in [0.25, 0.3) is 0 Å². The molecule has 1 N–H and O–H groups in total. The van der Waals surface area contributed by atoms with E-state index in [0.717, 1.165) is 5.69 Å². The van der Waals surface area contributed by atoms with Gasteiger partial charge in [-0.05, 0) is 13.8 Å². The van der Waals surface area contributed by atoms with Gasteiger partial charge in [0.25, 0.3) is 5.56 Å². The number of nitrogens with one attached hydrogen (secondary N) is 1. The summed E-state index contributed by atoms with van der Waals surface area (Å²) in [5, 5.41) is 6.69. The number of rotatable bonds is 4. The van der Waals surface area contributed by atoms with Gasteiger partial charge >= 0.3 is 0 Å². The first-order valence-electron chi connectivity index (χ1n) is 5.38. The van der Waals surface area contributed by atoms with Crippen molar-refractivity contribution in [3.05, 3.63) is 40.8 Å². The first kappa shape index (κ1) is 11.4. The molecule has 0 bridgehead atoms. The van der Waals surface area contributed by atoms with Gasteiger partial charge in [0.1, 0.15) is 12.0 Å². The molecule has 0 amide bonds. The Morgan fingerprint density at radius 2 is 2.35 bits per heavy atom. The lowest BCUT2D eigenvalue weighted by molar-refractivity contribution is 0.412. The third-order valence-corrected chi connectivity index (χ3v) is 2.35. The number of anilines is 1. The normalized spacial score (nSPS) is 10.8. The molecule has 0 saturated carbocycles. The van der Waals surface area contributed by atoms with E-state index >= 15 is 0 Å². The average Bonchev–Trinajstić information content (AvgIpc) is 2.80. The van der Waals surface area contributed by atoms with Gasteiger partial charge in [0.2, 0.25) is 0 Å². The molecular formula is C11H14N4O2. The summed E-state index contributed by atoms with van der Waals surface area (Å²) < 4.78 is 6.32. The maximum absolute atomic E-state index is 12.0. The smallest absolute Gasteiger partial charge is 0.293 e. The Bertz CT molecular complexity index is 531. The maximum Gasteiger partial charge on any atom is 0.293 e. The van der Waals surface area contributed by atoms with Crippen LogP contribution in [0.1, 0.15) is 25.6 Å². The van der Waals surface area contributed by atoms with E-state index in [2.05, 4.69) is 15.5 Å². The highest BCUT2D eigenvalue weighted by atomic mass is 16.5. The molecule has 2 aromatic rings. The predicted molar refractivity (Wildman–Crippen MR) is 62.7 cm³/mol. The summed E-state index contributed by atoms with van der Waals surface area (Å²) in [4.78, 5) is 16.0. The molecule has 2 rings (SSSR count). The van der Waals surface area contributed by atoms with E-state index < -0.39 is 0 Å². The molecule has 90 valence electrons. The first-order chi connectivity index (χ1) is 8.18. The molecule has 6 nitrogen and oxygen atoms in total. The summed E-state index contributed by atoms with van der Waals surface area (Å²) in [6.07, 6.45) is 4.77. The summed E-state index contributed by atoms with van der Waals surface area (Å²) in [5.41, 5.74) is 0.595. The zero-order valence-corrected chi connectivity index (χ0v) is 9.75. The number of hydrogen-bond acceptors (Lipinski definition) is 5. The topological polar surface area (TPSA) is 73.0 Å². The van der Waals surface area contributed by atoms with Crippen molar-refractivity contribution in [2.75, 3.05) is 5.32 Å². The Kier molecular flexibility index (Phi) is 3.22. The van der Waals surface area contributed by atoms with E-state index in [4.69, 9.17) is 4.52 Å². The SMILES string of the molecule is CC(C)n1ccnc(NCc2ccon2)c1=O. The van der Waals surface area contributed by atoms with Gasteiger partial charge in [0, 0.05) is 24.5 Å². The molecule has 0 unspecified atom stereocenters. The molecule has 0 aliphatic heterocycles. The molecule has 2 heterocycles. The standard InChI is InChI=1S/C11H14N4O2/c1-8(2)15-5-4-12-10(11(15)16)13-7-9-3-6-17-14-9/h3-6,8H,7H2,1-2H3,(H,12,13). The minimum atomic E-state index is -0.133. The Hall–Kier alpha value is -2.11. The van der Waals surface area contributed by atoms with Crippen molar-refractivity contribution in [3.8, 4) is 0 Å². The second kappa shape index (κ2) is 4.82.